The average molecular weight is 176 g/mol. The van der Waals surface area contributed by atoms with Crippen LogP contribution in [0.1, 0.15) is 0 Å². The topological polar surface area (TPSA) is 3.24 Å². The molecule has 1 rings (SSSR count). The van der Waals surface area contributed by atoms with Crippen molar-refractivity contribution in [1.82, 2.24) is 0 Å². The largest absolute Gasteiger partial charge is 1.00 e. The first-order valence-corrected chi connectivity index (χ1v) is 2.94. The molecule has 0 aliphatic rings. The first-order valence-electron chi connectivity index (χ1n) is 2.94. The van der Waals surface area contributed by atoms with E-state index in [-0.39, 0.29) is 39.5 Å². The number of anilines is 1. The average Bonchev–Trinajstić information content (AvgIpc) is 1.90. The van der Waals surface area contributed by atoms with Gasteiger partial charge in [-0.25, -0.2) is 0 Å². The van der Waals surface area contributed by atoms with Gasteiger partial charge in [-0.05, 0) is 18.2 Å². The minimum atomic E-state index is 0. The molecule has 0 aliphatic heterocycles. The van der Waals surface area contributed by atoms with E-state index in [2.05, 4.69) is 11.0 Å². The van der Waals surface area contributed by atoms with Crippen LogP contribution in [0.25, 0.3) is 0 Å². The molecule has 55 valence electrons. The Labute approximate surface area is 94.1 Å². The van der Waals surface area contributed by atoms with Crippen LogP contribution in [0.15, 0.2) is 24.3 Å². The summed E-state index contributed by atoms with van der Waals surface area (Å²) in [5.41, 5.74) is 1.22. The quantitative estimate of drug-likeness (QED) is 0.387. The summed E-state index contributed by atoms with van der Waals surface area (Å²) in [6, 6.07) is 10.8. The molecule has 0 N–H and O–H groups in total. The van der Waals surface area contributed by atoms with Crippen molar-refractivity contribution in [2.75, 3.05) is 19.0 Å². The molecule has 0 heterocycles. The molecule has 3 heteroatoms. The second-order valence-electron chi connectivity index (χ2n) is 2.15. The van der Waals surface area contributed by atoms with Gasteiger partial charge in [-0.3, -0.25) is 0 Å². The van der Waals surface area contributed by atoms with E-state index >= 15 is 0 Å². The van der Waals surface area contributed by atoms with Crippen molar-refractivity contribution < 1.29 is 29.6 Å². The zero-order chi connectivity index (χ0) is 6.69. The number of nitrogens with zero attached hydrogens (tertiary/aromatic N) is 1. The van der Waals surface area contributed by atoms with Crippen LogP contribution in [0.4, 0.5) is 5.69 Å². The van der Waals surface area contributed by atoms with Gasteiger partial charge in [0.25, 0.3) is 0 Å². The molecule has 1 nitrogen and oxygen atoms in total. The standard InChI is InChI=1S/C8H10N.Na.H2P/c1-9(2)8-6-4-3-5-7-8;;/h4-7H,1-2H3;;1H2/q;+1;-1. The predicted molar refractivity (Wildman–Crippen MR) is 49.3 cm³/mol. The van der Waals surface area contributed by atoms with Crippen LogP contribution in [0.2, 0.25) is 0 Å². The molecule has 0 bridgehead atoms. The normalized spacial score (nSPS) is 7.45. The molecule has 11 heavy (non-hydrogen) atoms. The van der Waals surface area contributed by atoms with Crippen LogP contribution in [0.5, 0.6) is 0 Å². The minimum absolute atomic E-state index is 0. The third kappa shape index (κ3) is 4.81. The van der Waals surface area contributed by atoms with Crippen LogP contribution in [-0.2, 0) is 0 Å². The van der Waals surface area contributed by atoms with Gasteiger partial charge >= 0.3 is 29.6 Å². The number of rotatable bonds is 1. The Balaban J connectivity index is 0. The molecule has 0 unspecified atom stereocenters. The maximum absolute atomic E-state index is 2.96. The second-order valence-corrected chi connectivity index (χ2v) is 2.15. The Kier molecular flexibility index (Phi) is 9.06. The molecule has 0 saturated carbocycles. The molecule has 0 atom stereocenters. The molecular weight excluding hydrogens is 164 g/mol. The van der Waals surface area contributed by atoms with Crippen LogP contribution in [0.3, 0.4) is 0 Å². The van der Waals surface area contributed by atoms with E-state index in [1.165, 1.54) is 5.69 Å². The van der Waals surface area contributed by atoms with Gasteiger partial charge in [0.05, 0.1) is 0 Å². The summed E-state index contributed by atoms with van der Waals surface area (Å²) < 4.78 is 0. The van der Waals surface area contributed by atoms with Crippen LogP contribution in [0, 0.1) is 6.07 Å². The van der Waals surface area contributed by atoms with E-state index in [9.17, 15) is 0 Å². The maximum atomic E-state index is 2.96. The Bertz CT molecular complexity index is 177. The zero-order valence-electron chi connectivity index (χ0n) is 7.33. The van der Waals surface area contributed by atoms with Gasteiger partial charge in [-0.15, -0.1) is 0 Å². The third-order valence-corrected chi connectivity index (χ3v) is 1.22. The fraction of sp³-hybridized carbons (Fsp3) is 0.250. The minimum Gasteiger partial charge on any atom is -0.577 e. The summed E-state index contributed by atoms with van der Waals surface area (Å²) in [7, 11) is 4.05. The van der Waals surface area contributed by atoms with Crippen molar-refractivity contribution in [3.05, 3.63) is 30.3 Å². The van der Waals surface area contributed by atoms with Gasteiger partial charge in [-0.2, -0.15) is 0 Å². The second kappa shape index (κ2) is 7.12. The predicted octanol–water partition coefficient (Wildman–Crippen LogP) is -1.12. The van der Waals surface area contributed by atoms with Gasteiger partial charge < -0.3 is 14.8 Å². The van der Waals surface area contributed by atoms with Crippen molar-refractivity contribution in [3.63, 3.8) is 0 Å². The molecule has 1 aromatic carbocycles. The molecular formula is C8H12NNaP. The third-order valence-electron chi connectivity index (χ3n) is 1.22. The smallest absolute Gasteiger partial charge is 0.577 e. The van der Waals surface area contributed by atoms with Crippen molar-refractivity contribution in [3.8, 4) is 0 Å². The number of hydrogen-bond donors (Lipinski definition) is 0. The molecule has 0 saturated heterocycles. The first-order chi connectivity index (χ1) is 4.30. The van der Waals surface area contributed by atoms with E-state index in [1.807, 2.05) is 38.4 Å². The Hall–Kier alpha value is 0.450. The Morgan fingerprint density at radius 2 is 1.64 bits per heavy atom. The van der Waals surface area contributed by atoms with Crippen molar-refractivity contribution >= 4 is 15.6 Å². The Morgan fingerprint density at radius 3 is 1.91 bits per heavy atom. The van der Waals surface area contributed by atoms with Crippen LogP contribution in [-0.4, -0.2) is 14.1 Å². The Morgan fingerprint density at radius 1 is 1.18 bits per heavy atom. The number of benzene rings is 1. The van der Waals surface area contributed by atoms with Gasteiger partial charge in [0.2, 0.25) is 0 Å². The van der Waals surface area contributed by atoms with Crippen molar-refractivity contribution in [2.45, 2.75) is 0 Å². The summed E-state index contributed by atoms with van der Waals surface area (Å²) in [5, 5.41) is 0. The molecule has 0 fully saturated rings. The maximum Gasteiger partial charge on any atom is 1.00 e. The summed E-state index contributed by atoms with van der Waals surface area (Å²) in [6.07, 6.45) is 0. The molecule has 0 amide bonds. The molecule has 1 aromatic rings. The molecule has 0 aromatic heterocycles. The van der Waals surface area contributed by atoms with Gasteiger partial charge in [0.1, 0.15) is 0 Å². The molecule has 0 aliphatic carbocycles. The monoisotopic (exact) mass is 176 g/mol. The zero-order valence-corrected chi connectivity index (χ0v) is 10.5. The van der Waals surface area contributed by atoms with Crippen molar-refractivity contribution in [2.24, 2.45) is 0 Å². The summed E-state index contributed by atoms with van der Waals surface area (Å²) >= 11 is 0. The molecule has 1 radical (unpaired) electrons. The van der Waals surface area contributed by atoms with Gasteiger partial charge in [-0.1, -0.05) is 12.1 Å². The van der Waals surface area contributed by atoms with Crippen LogP contribution >= 0.6 is 9.90 Å². The van der Waals surface area contributed by atoms with E-state index < -0.39 is 0 Å². The van der Waals surface area contributed by atoms with E-state index in [0.717, 1.165) is 0 Å². The summed E-state index contributed by atoms with van der Waals surface area (Å²) in [5.74, 6) is 0. The van der Waals surface area contributed by atoms with Crippen LogP contribution < -0.4 is 34.5 Å². The first kappa shape index (κ1) is 14.0. The van der Waals surface area contributed by atoms with E-state index in [0.29, 0.717) is 0 Å². The van der Waals surface area contributed by atoms with E-state index in [4.69, 9.17) is 0 Å². The fourth-order valence-corrected chi connectivity index (χ4v) is 0.676. The van der Waals surface area contributed by atoms with E-state index in [1.54, 1.807) is 0 Å². The van der Waals surface area contributed by atoms with Gasteiger partial charge in [0, 0.05) is 19.8 Å². The molecule has 0 spiro atoms. The van der Waals surface area contributed by atoms with Gasteiger partial charge in [0.15, 0.2) is 0 Å². The summed E-state index contributed by atoms with van der Waals surface area (Å²) in [4.78, 5) is 2.06. The fourth-order valence-electron chi connectivity index (χ4n) is 0.676. The SMILES string of the molecule is CN(C)c1cc[c]cc1.[Na+].[PH2-]. The summed E-state index contributed by atoms with van der Waals surface area (Å²) in [6.45, 7) is 0. The van der Waals surface area contributed by atoms with Crippen molar-refractivity contribution in [1.29, 1.82) is 0 Å². The number of hydrogen-bond acceptors (Lipinski definition) is 1.